The van der Waals surface area contributed by atoms with Gasteiger partial charge in [0.15, 0.2) is 15.8 Å². The minimum Gasteiger partial charge on any atom is -0.507 e. The van der Waals surface area contributed by atoms with Gasteiger partial charge in [-0.1, -0.05) is 41.3 Å². The van der Waals surface area contributed by atoms with Crippen LogP contribution >= 0.6 is 34.4 Å². The molecular formula is C26H18FN3O5S3. The lowest BCUT2D eigenvalue weighted by Gasteiger charge is -2.21. The van der Waals surface area contributed by atoms with Crippen molar-refractivity contribution < 1.29 is 28.6 Å². The van der Waals surface area contributed by atoms with Gasteiger partial charge in [0.1, 0.15) is 30.8 Å². The van der Waals surface area contributed by atoms with Gasteiger partial charge in [-0.25, -0.2) is 4.39 Å². The molecule has 0 aliphatic carbocycles. The fraction of sp³-hybridized carbons (Fsp3) is 0.154. The van der Waals surface area contributed by atoms with Gasteiger partial charge in [-0.2, -0.15) is 0 Å². The van der Waals surface area contributed by atoms with Crippen molar-refractivity contribution in [1.29, 1.82) is 0 Å². The van der Waals surface area contributed by atoms with Crippen LogP contribution in [0.4, 0.5) is 9.52 Å². The molecule has 1 saturated heterocycles. The van der Waals surface area contributed by atoms with Crippen molar-refractivity contribution in [2.75, 3.05) is 18.1 Å². The van der Waals surface area contributed by atoms with E-state index in [9.17, 15) is 19.1 Å². The molecule has 12 heteroatoms. The van der Waals surface area contributed by atoms with Crippen LogP contribution in [-0.2, 0) is 15.3 Å². The van der Waals surface area contributed by atoms with E-state index in [1.165, 1.54) is 51.5 Å². The van der Waals surface area contributed by atoms with E-state index in [-0.39, 0.29) is 22.3 Å². The Morgan fingerprint density at radius 2 is 1.87 bits per heavy atom. The number of ether oxygens (including phenoxy) is 2. The molecule has 192 valence electrons. The quantitative estimate of drug-likeness (QED) is 0.108. The highest BCUT2D eigenvalue weighted by Crippen LogP contribution is 2.45. The van der Waals surface area contributed by atoms with E-state index in [2.05, 4.69) is 10.2 Å². The molecule has 1 unspecified atom stereocenters. The second kappa shape index (κ2) is 10.2. The minimum atomic E-state index is -0.869. The summed E-state index contributed by atoms with van der Waals surface area (Å²) in [4.78, 5) is 28.6. The number of anilines is 1. The highest BCUT2D eigenvalue weighted by molar-refractivity contribution is 8.00. The van der Waals surface area contributed by atoms with Crippen LogP contribution in [-0.4, -0.2) is 40.2 Å². The summed E-state index contributed by atoms with van der Waals surface area (Å²) in [5.41, 5.74) is 1.21. The van der Waals surface area contributed by atoms with Crippen LogP contribution in [0.15, 0.2) is 69.9 Å². The fourth-order valence-corrected chi connectivity index (χ4v) is 6.82. The third kappa shape index (κ3) is 4.55. The Balaban J connectivity index is 1.35. The van der Waals surface area contributed by atoms with Crippen LogP contribution < -0.4 is 14.4 Å². The standard InChI is InChI=1S/C26H18FN3O5S3/c27-16-6-3-14(4-7-16)13-37-26-29-28-25(38-26)30-21(19-2-1-11-36-19)20(23(32)24(30)33)22(31)15-5-8-17-18(12-15)35-10-9-34-17/h1-8,11-12,21,31H,9-10,13H2/b22-20+. The van der Waals surface area contributed by atoms with Crippen molar-refractivity contribution in [1.82, 2.24) is 10.2 Å². The fourth-order valence-electron chi connectivity index (χ4n) is 4.18. The van der Waals surface area contributed by atoms with Crippen molar-refractivity contribution in [2.24, 2.45) is 0 Å². The maximum absolute atomic E-state index is 13.3. The molecule has 4 aromatic rings. The molecule has 2 aromatic heterocycles. The molecule has 2 aliphatic rings. The van der Waals surface area contributed by atoms with Gasteiger partial charge < -0.3 is 14.6 Å². The molecule has 2 aromatic carbocycles. The number of benzene rings is 2. The molecule has 1 atom stereocenters. The van der Waals surface area contributed by atoms with Gasteiger partial charge in [0, 0.05) is 16.2 Å². The van der Waals surface area contributed by atoms with Gasteiger partial charge in [-0.3, -0.25) is 14.5 Å². The van der Waals surface area contributed by atoms with Crippen molar-refractivity contribution in [3.05, 3.63) is 87.4 Å². The summed E-state index contributed by atoms with van der Waals surface area (Å²) in [7, 11) is 0. The summed E-state index contributed by atoms with van der Waals surface area (Å²) in [5.74, 6) is -0.697. The molecular weight excluding hydrogens is 550 g/mol. The summed E-state index contributed by atoms with van der Waals surface area (Å²) >= 11 is 3.92. The lowest BCUT2D eigenvalue weighted by Crippen LogP contribution is -2.29. The summed E-state index contributed by atoms with van der Waals surface area (Å²) in [6.45, 7) is 0.795. The highest BCUT2D eigenvalue weighted by Gasteiger charge is 2.49. The monoisotopic (exact) mass is 567 g/mol. The molecule has 4 heterocycles. The van der Waals surface area contributed by atoms with Gasteiger partial charge in [0.25, 0.3) is 5.78 Å². The van der Waals surface area contributed by atoms with Gasteiger partial charge in [0.2, 0.25) is 5.13 Å². The van der Waals surface area contributed by atoms with Crippen LogP contribution in [0.3, 0.4) is 0 Å². The molecule has 0 radical (unpaired) electrons. The number of halogens is 1. The molecule has 1 N–H and O–H groups in total. The number of hydrogen-bond donors (Lipinski definition) is 1. The van der Waals surface area contributed by atoms with Crippen molar-refractivity contribution in [3.63, 3.8) is 0 Å². The number of ketones is 1. The van der Waals surface area contributed by atoms with Gasteiger partial charge in [-0.05, 0) is 47.3 Å². The van der Waals surface area contributed by atoms with Crippen molar-refractivity contribution >= 4 is 57.0 Å². The Morgan fingerprint density at radius 1 is 1.08 bits per heavy atom. The number of nitrogens with zero attached hydrogens (tertiary/aromatic N) is 3. The molecule has 6 rings (SSSR count). The second-order valence-corrected chi connectivity index (χ2v) is 11.5. The average molecular weight is 568 g/mol. The van der Waals surface area contributed by atoms with Crippen LogP contribution in [0.2, 0.25) is 0 Å². The third-order valence-corrected chi connectivity index (χ3v) is 9.00. The number of fused-ring (bicyclic) bond motifs is 1. The first kappa shape index (κ1) is 24.6. The largest absolute Gasteiger partial charge is 0.507 e. The predicted molar refractivity (Wildman–Crippen MR) is 142 cm³/mol. The maximum Gasteiger partial charge on any atom is 0.301 e. The number of carbonyl (C=O) groups is 2. The number of carbonyl (C=O) groups excluding carboxylic acids is 2. The number of Topliss-reactive ketones (excluding diaryl/α,β-unsaturated/α-hetero) is 1. The van der Waals surface area contributed by atoms with E-state index < -0.39 is 17.7 Å². The van der Waals surface area contributed by atoms with Crippen LogP contribution in [0.1, 0.15) is 22.0 Å². The Bertz CT molecular complexity index is 1550. The van der Waals surface area contributed by atoms with Gasteiger partial charge in [-0.15, -0.1) is 21.5 Å². The van der Waals surface area contributed by atoms with E-state index in [0.29, 0.717) is 45.2 Å². The number of rotatable bonds is 6. The van der Waals surface area contributed by atoms with E-state index >= 15 is 0 Å². The Kier molecular flexibility index (Phi) is 6.60. The third-order valence-electron chi connectivity index (χ3n) is 5.95. The van der Waals surface area contributed by atoms with Gasteiger partial charge >= 0.3 is 5.91 Å². The summed E-state index contributed by atoms with van der Waals surface area (Å²) in [6, 6.07) is 13.8. The lowest BCUT2D eigenvalue weighted by atomic mass is 9.99. The maximum atomic E-state index is 13.3. The molecule has 1 fully saturated rings. The lowest BCUT2D eigenvalue weighted by molar-refractivity contribution is -0.132. The molecule has 0 bridgehead atoms. The van der Waals surface area contributed by atoms with E-state index in [4.69, 9.17) is 9.47 Å². The molecule has 0 spiro atoms. The number of thiophene rings is 1. The predicted octanol–water partition coefficient (Wildman–Crippen LogP) is 5.43. The summed E-state index contributed by atoms with van der Waals surface area (Å²) in [5, 5.41) is 21.8. The number of aliphatic hydroxyl groups is 1. The molecule has 2 aliphatic heterocycles. The number of aromatic nitrogens is 2. The van der Waals surface area contributed by atoms with Crippen LogP contribution in [0.5, 0.6) is 11.5 Å². The van der Waals surface area contributed by atoms with E-state index in [1.54, 1.807) is 36.4 Å². The molecule has 1 amide bonds. The minimum absolute atomic E-state index is 0.0372. The van der Waals surface area contributed by atoms with Crippen molar-refractivity contribution in [2.45, 2.75) is 16.1 Å². The number of aliphatic hydroxyl groups excluding tert-OH is 1. The summed E-state index contributed by atoms with van der Waals surface area (Å²) < 4.78 is 25.0. The van der Waals surface area contributed by atoms with Crippen LogP contribution in [0, 0.1) is 5.82 Å². The number of thioether (sulfide) groups is 1. The molecule has 8 nitrogen and oxygen atoms in total. The zero-order valence-electron chi connectivity index (χ0n) is 19.5. The number of amides is 1. The highest BCUT2D eigenvalue weighted by atomic mass is 32.2. The van der Waals surface area contributed by atoms with Crippen LogP contribution in [0.25, 0.3) is 5.76 Å². The smallest absolute Gasteiger partial charge is 0.301 e. The second-order valence-electron chi connectivity index (χ2n) is 8.31. The van der Waals surface area contributed by atoms with E-state index in [1.807, 2.05) is 11.4 Å². The number of hydrogen-bond acceptors (Lipinski definition) is 10. The summed E-state index contributed by atoms with van der Waals surface area (Å²) in [6.07, 6.45) is 0. The van der Waals surface area contributed by atoms with Gasteiger partial charge in [0.05, 0.1) is 5.57 Å². The van der Waals surface area contributed by atoms with E-state index in [0.717, 1.165) is 5.56 Å². The Morgan fingerprint density at radius 3 is 2.63 bits per heavy atom. The Hall–Kier alpha value is -3.74. The average Bonchev–Trinajstić information content (AvgIpc) is 3.68. The first-order chi connectivity index (χ1) is 18.5. The molecule has 38 heavy (non-hydrogen) atoms. The first-order valence-corrected chi connectivity index (χ1v) is 14.1. The molecule has 0 saturated carbocycles. The zero-order valence-corrected chi connectivity index (χ0v) is 21.9. The zero-order chi connectivity index (χ0) is 26.2. The SMILES string of the molecule is O=C1C(=O)N(c2nnc(SCc3ccc(F)cc3)s2)C(c2cccs2)/C1=C(\O)c1ccc2c(c1)OCCO2. The van der Waals surface area contributed by atoms with Crippen molar-refractivity contribution in [3.8, 4) is 11.5 Å². The first-order valence-electron chi connectivity index (χ1n) is 11.4. The normalized spacial score (nSPS) is 18.2. The Labute approximate surface area is 228 Å². The topological polar surface area (TPSA) is 102 Å².